The van der Waals surface area contributed by atoms with Gasteiger partial charge in [-0.3, -0.25) is 9.36 Å². The standard InChI is InChI=1S/C15H18F3N3O3/c1-9(2)21(8-15(16,17)18)13(22)7-19-10-4-5-12-11(6-10)20(3)14(23)24-12/h4-6,9,19H,7-8H2,1-3H3. The molecule has 0 spiro atoms. The number of amides is 1. The van der Waals surface area contributed by atoms with Crippen molar-refractivity contribution in [3.63, 3.8) is 0 Å². The molecule has 1 amide bonds. The number of aromatic nitrogens is 1. The molecular formula is C15H18F3N3O3. The SMILES string of the molecule is CC(C)N(CC(F)(F)F)C(=O)CNc1ccc2oc(=O)n(C)c2c1. The van der Waals surface area contributed by atoms with Crippen molar-refractivity contribution >= 4 is 22.7 Å². The van der Waals surface area contributed by atoms with E-state index < -0.39 is 30.4 Å². The smallest absolute Gasteiger partial charge is 0.408 e. The zero-order chi connectivity index (χ0) is 18.1. The second-order valence-electron chi connectivity index (χ2n) is 5.69. The van der Waals surface area contributed by atoms with E-state index in [-0.39, 0.29) is 6.54 Å². The number of oxazole rings is 1. The van der Waals surface area contributed by atoms with Crippen LogP contribution in [0.1, 0.15) is 13.8 Å². The molecule has 0 atom stereocenters. The molecule has 1 heterocycles. The molecule has 24 heavy (non-hydrogen) atoms. The Balaban J connectivity index is 2.10. The Morgan fingerprint density at radius 3 is 2.62 bits per heavy atom. The van der Waals surface area contributed by atoms with Crippen molar-refractivity contribution in [3.05, 3.63) is 28.7 Å². The van der Waals surface area contributed by atoms with Gasteiger partial charge in [0.2, 0.25) is 5.91 Å². The summed E-state index contributed by atoms with van der Waals surface area (Å²) < 4.78 is 43.9. The predicted molar refractivity (Wildman–Crippen MR) is 82.8 cm³/mol. The maximum Gasteiger partial charge on any atom is 0.419 e. The van der Waals surface area contributed by atoms with Crippen molar-refractivity contribution in [3.8, 4) is 0 Å². The Kier molecular flexibility index (Phi) is 4.91. The van der Waals surface area contributed by atoms with Crippen LogP contribution in [0.4, 0.5) is 18.9 Å². The number of aryl methyl sites for hydroxylation is 1. The monoisotopic (exact) mass is 345 g/mol. The number of benzene rings is 1. The summed E-state index contributed by atoms with van der Waals surface area (Å²) >= 11 is 0. The summed E-state index contributed by atoms with van der Waals surface area (Å²) in [7, 11) is 1.53. The summed E-state index contributed by atoms with van der Waals surface area (Å²) in [5.74, 6) is -1.18. The summed E-state index contributed by atoms with van der Waals surface area (Å²) in [5.41, 5.74) is 1.41. The number of rotatable bonds is 5. The Labute approximate surface area is 135 Å². The highest BCUT2D eigenvalue weighted by Crippen LogP contribution is 2.20. The molecule has 0 radical (unpaired) electrons. The van der Waals surface area contributed by atoms with Crippen LogP contribution in [0.2, 0.25) is 0 Å². The minimum absolute atomic E-state index is 0.286. The number of hydrogen-bond donors (Lipinski definition) is 1. The third kappa shape index (κ3) is 4.09. The molecule has 0 saturated carbocycles. The first-order valence-corrected chi connectivity index (χ1v) is 7.28. The highest BCUT2D eigenvalue weighted by molar-refractivity contribution is 5.83. The number of hydrogen-bond acceptors (Lipinski definition) is 4. The minimum Gasteiger partial charge on any atom is -0.408 e. The van der Waals surface area contributed by atoms with Crippen LogP contribution in [0.5, 0.6) is 0 Å². The molecule has 1 aromatic carbocycles. The van der Waals surface area contributed by atoms with Crippen LogP contribution in [-0.4, -0.2) is 40.7 Å². The van der Waals surface area contributed by atoms with Crippen LogP contribution < -0.4 is 11.1 Å². The van der Waals surface area contributed by atoms with Gasteiger partial charge in [0.25, 0.3) is 0 Å². The van der Waals surface area contributed by atoms with E-state index in [1.54, 1.807) is 18.2 Å². The van der Waals surface area contributed by atoms with Gasteiger partial charge in [-0.25, -0.2) is 4.79 Å². The van der Waals surface area contributed by atoms with Crippen molar-refractivity contribution in [1.29, 1.82) is 0 Å². The van der Waals surface area contributed by atoms with Gasteiger partial charge in [-0.2, -0.15) is 13.2 Å². The molecule has 0 fully saturated rings. The molecule has 9 heteroatoms. The van der Waals surface area contributed by atoms with E-state index in [1.165, 1.54) is 25.5 Å². The van der Waals surface area contributed by atoms with Gasteiger partial charge >= 0.3 is 11.9 Å². The van der Waals surface area contributed by atoms with Gasteiger partial charge in [0.05, 0.1) is 12.1 Å². The van der Waals surface area contributed by atoms with Crippen LogP contribution in [-0.2, 0) is 11.8 Å². The van der Waals surface area contributed by atoms with Gasteiger partial charge in [0.1, 0.15) is 6.54 Å². The Morgan fingerprint density at radius 1 is 1.38 bits per heavy atom. The number of nitrogens with one attached hydrogen (secondary N) is 1. The molecule has 6 nitrogen and oxygen atoms in total. The maximum absolute atomic E-state index is 12.6. The van der Waals surface area contributed by atoms with E-state index in [9.17, 15) is 22.8 Å². The summed E-state index contributed by atoms with van der Waals surface area (Å²) in [6.45, 7) is 1.47. The first kappa shape index (κ1) is 17.9. The maximum atomic E-state index is 12.6. The summed E-state index contributed by atoms with van der Waals surface area (Å²) in [4.78, 5) is 24.2. The molecule has 1 aromatic heterocycles. The van der Waals surface area contributed by atoms with E-state index in [0.717, 1.165) is 4.90 Å². The van der Waals surface area contributed by atoms with E-state index in [4.69, 9.17) is 4.42 Å². The molecule has 0 bridgehead atoms. The zero-order valence-electron chi connectivity index (χ0n) is 13.5. The summed E-state index contributed by atoms with van der Waals surface area (Å²) in [6, 6.07) is 4.16. The Bertz CT molecular complexity index is 793. The number of carbonyl (C=O) groups excluding carboxylic acids is 1. The van der Waals surface area contributed by atoms with Gasteiger partial charge in [0.15, 0.2) is 5.58 Å². The lowest BCUT2D eigenvalue weighted by atomic mass is 10.2. The number of anilines is 1. The quantitative estimate of drug-likeness (QED) is 0.903. The third-order valence-corrected chi connectivity index (χ3v) is 3.53. The van der Waals surface area contributed by atoms with Crippen molar-refractivity contribution in [2.45, 2.75) is 26.1 Å². The van der Waals surface area contributed by atoms with Crippen LogP contribution >= 0.6 is 0 Å². The largest absolute Gasteiger partial charge is 0.419 e. The lowest BCUT2D eigenvalue weighted by molar-refractivity contribution is -0.163. The van der Waals surface area contributed by atoms with Gasteiger partial charge < -0.3 is 14.6 Å². The fourth-order valence-corrected chi connectivity index (χ4v) is 2.27. The molecule has 0 unspecified atom stereocenters. The van der Waals surface area contributed by atoms with Crippen LogP contribution in [0.15, 0.2) is 27.4 Å². The highest BCUT2D eigenvalue weighted by atomic mass is 19.4. The number of nitrogens with zero attached hydrogens (tertiary/aromatic N) is 2. The second-order valence-corrected chi connectivity index (χ2v) is 5.69. The average Bonchev–Trinajstić information content (AvgIpc) is 2.76. The summed E-state index contributed by atoms with van der Waals surface area (Å²) in [5, 5.41) is 2.78. The van der Waals surface area contributed by atoms with Crippen LogP contribution in [0.3, 0.4) is 0 Å². The molecular weight excluding hydrogens is 327 g/mol. The van der Waals surface area contributed by atoms with E-state index in [2.05, 4.69) is 5.32 Å². The van der Waals surface area contributed by atoms with Crippen LogP contribution in [0, 0.1) is 0 Å². The fraction of sp³-hybridized carbons (Fsp3) is 0.467. The molecule has 2 rings (SSSR count). The topological polar surface area (TPSA) is 67.5 Å². The number of carbonyl (C=O) groups is 1. The molecule has 0 saturated heterocycles. The van der Waals surface area contributed by atoms with Gasteiger partial charge in [-0.1, -0.05) is 0 Å². The molecule has 0 aliphatic heterocycles. The van der Waals surface area contributed by atoms with Crippen molar-refractivity contribution in [2.75, 3.05) is 18.4 Å². The highest BCUT2D eigenvalue weighted by Gasteiger charge is 2.34. The predicted octanol–water partition coefficient (Wildman–Crippen LogP) is 2.34. The molecule has 132 valence electrons. The van der Waals surface area contributed by atoms with Crippen molar-refractivity contribution in [1.82, 2.24) is 9.47 Å². The molecule has 0 aliphatic carbocycles. The summed E-state index contributed by atoms with van der Waals surface area (Å²) in [6.07, 6.45) is -4.45. The lowest BCUT2D eigenvalue weighted by Crippen LogP contribution is -2.45. The van der Waals surface area contributed by atoms with Gasteiger partial charge in [0, 0.05) is 18.8 Å². The van der Waals surface area contributed by atoms with Gasteiger partial charge in [-0.15, -0.1) is 0 Å². The minimum atomic E-state index is -4.45. The second kappa shape index (κ2) is 6.58. The van der Waals surface area contributed by atoms with Gasteiger partial charge in [-0.05, 0) is 32.0 Å². The van der Waals surface area contributed by atoms with E-state index in [1.807, 2.05) is 0 Å². The fourth-order valence-electron chi connectivity index (χ4n) is 2.27. The van der Waals surface area contributed by atoms with Crippen molar-refractivity contribution in [2.24, 2.45) is 7.05 Å². The number of halogens is 3. The first-order chi connectivity index (χ1) is 11.1. The Hall–Kier alpha value is -2.45. The third-order valence-electron chi connectivity index (χ3n) is 3.53. The number of alkyl halides is 3. The van der Waals surface area contributed by atoms with E-state index >= 15 is 0 Å². The van der Waals surface area contributed by atoms with Crippen molar-refractivity contribution < 1.29 is 22.4 Å². The molecule has 2 aromatic rings. The molecule has 0 aliphatic rings. The molecule has 1 N–H and O–H groups in total. The van der Waals surface area contributed by atoms with Crippen LogP contribution in [0.25, 0.3) is 11.1 Å². The average molecular weight is 345 g/mol. The first-order valence-electron chi connectivity index (χ1n) is 7.28. The Morgan fingerprint density at radius 2 is 2.04 bits per heavy atom. The number of fused-ring (bicyclic) bond motifs is 1. The van der Waals surface area contributed by atoms with E-state index in [0.29, 0.717) is 16.8 Å². The lowest BCUT2D eigenvalue weighted by Gasteiger charge is -2.28. The zero-order valence-corrected chi connectivity index (χ0v) is 13.5. The normalized spacial score (nSPS) is 12.0.